The summed E-state index contributed by atoms with van der Waals surface area (Å²) in [4.78, 5) is 45.9. The van der Waals surface area contributed by atoms with Crippen LogP contribution in [0.25, 0.3) is 0 Å². The third kappa shape index (κ3) is 39.5. The summed E-state index contributed by atoms with van der Waals surface area (Å²) in [6, 6.07) is -1.54. The predicted molar refractivity (Wildman–Crippen MR) is 235 cm³/mol. The molecule has 0 aliphatic heterocycles. The molecule has 3 atom stereocenters. The first-order valence-corrected chi connectivity index (χ1v) is 23.1. The zero-order chi connectivity index (χ0) is 42.8. The molecule has 0 spiro atoms. The molecule has 0 saturated heterocycles. The van der Waals surface area contributed by atoms with Crippen molar-refractivity contribution in [1.82, 2.24) is 0 Å². The second-order valence-electron chi connectivity index (χ2n) is 14.1. The van der Waals surface area contributed by atoms with E-state index in [1.165, 1.54) is 38.5 Å². The Morgan fingerprint density at radius 2 is 0.931 bits per heavy atom. The van der Waals surface area contributed by atoms with E-state index < -0.39 is 51.1 Å². The highest BCUT2D eigenvalue weighted by atomic mass is 31.2. The second-order valence-corrected chi connectivity index (χ2v) is 15.6. The van der Waals surface area contributed by atoms with Crippen LogP contribution in [-0.4, -0.2) is 59.9 Å². The van der Waals surface area contributed by atoms with Gasteiger partial charge in [0.1, 0.15) is 12.6 Å². The number of aliphatic carboxylic acids is 1. The normalized spacial score (nSPS) is 14.6. The maximum atomic E-state index is 12.6. The molecule has 0 radical (unpaired) electrons. The lowest BCUT2D eigenvalue weighted by molar-refractivity contribution is -0.161. The van der Waals surface area contributed by atoms with Crippen molar-refractivity contribution in [2.24, 2.45) is 5.73 Å². The molecule has 0 aliphatic rings. The number of carboxylic acids is 1. The first-order chi connectivity index (χ1) is 28.1. The number of rotatable bonds is 39. The molecule has 0 aromatic rings. The average Bonchev–Trinajstić information content (AvgIpc) is 3.20. The zero-order valence-corrected chi connectivity index (χ0v) is 36.5. The van der Waals surface area contributed by atoms with E-state index in [0.717, 1.165) is 70.6 Å². The van der Waals surface area contributed by atoms with E-state index in [4.69, 9.17) is 24.8 Å². The number of carbonyl (C=O) groups is 3. The number of phosphoric ester groups is 1. The number of hydrogen-bond donors (Lipinski definition) is 3. The maximum Gasteiger partial charge on any atom is 0.472 e. The molecule has 0 heterocycles. The fraction of sp³-hybridized carbons (Fsp3) is 0.630. The van der Waals surface area contributed by atoms with Crippen molar-refractivity contribution in [2.45, 2.75) is 167 Å². The highest BCUT2D eigenvalue weighted by Crippen LogP contribution is 2.43. The zero-order valence-electron chi connectivity index (χ0n) is 35.6. The quantitative estimate of drug-likeness (QED) is 0.0233. The van der Waals surface area contributed by atoms with Gasteiger partial charge < -0.3 is 25.2 Å². The Morgan fingerprint density at radius 3 is 1.40 bits per heavy atom. The fourth-order valence-electron chi connectivity index (χ4n) is 5.18. The second kappa shape index (κ2) is 40.4. The van der Waals surface area contributed by atoms with Gasteiger partial charge in [-0.05, 0) is 89.9 Å². The van der Waals surface area contributed by atoms with E-state index >= 15 is 0 Å². The van der Waals surface area contributed by atoms with E-state index in [0.29, 0.717) is 19.3 Å². The number of unbranched alkanes of at least 4 members (excludes halogenated alkanes) is 11. The van der Waals surface area contributed by atoms with Gasteiger partial charge in [-0.15, -0.1) is 0 Å². The summed E-state index contributed by atoms with van der Waals surface area (Å²) in [5.41, 5.74) is 5.33. The van der Waals surface area contributed by atoms with Crippen molar-refractivity contribution in [2.75, 3.05) is 19.8 Å². The Morgan fingerprint density at radius 1 is 0.534 bits per heavy atom. The van der Waals surface area contributed by atoms with Gasteiger partial charge in [0.15, 0.2) is 6.10 Å². The summed E-state index contributed by atoms with van der Waals surface area (Å²) >= 11 is 0. The van der Waals surface area contributed by atoms with Crippen LogP contribution in [-0.2, 0) is 37.5 Å². The Labute approximate surface area is 350 Å². The molecule has 58 heavy (non-hydrogen) atoms. The van der Waals surface area contributed by atoms with Crippen LogP contribution in [0, 0.1) is 0 Å². The molecule has 4 N–H and O–H groups in total. The number of nitrogens with two attached hydrogens (primary N) is 1. The van der Waals surface area contributed by atoms with Crippen molar-refractivity contribution < 1.29 is 47.5 Å². The van der Waals surface area contributed by atoms with Crippen molar-refractivity contribution in [3.8, 4) is 0 Å². The lowest BCUT2D eigenvalue weighted by Gasteiger charge is -2.20. The molecule has 11 nitrogen and oxygen atoms in total. The Balaban J connectivity index is 4.53. The van der Waals surface area contributed by atoms with Crippen LogP contribution in [0.2, 0.25) is 0 Å². The first-order valence-electron chi connectivity index (χ1n) is 21.6. The minimum absolute atomic E-state index is 0.119. The summed E-state index contributed by atoms with van der Waals surface area (Å²) in [5, 5.41) is 8.89. The lowest BCUT2D eigenvalue weighted by atomic mass is 10.1. The molecule has 0 aromatic heterocycles. The Kier molecular flexibility index (Phi) is 38.1. The van der Waals surface area contributed by atoms with Crippen LogP contribution in [0.4, 0.5) is 0 Å². The molecule has 0 saturated carbocycles. The van der Waals surface area contributed by atoms with Crippen LogP contribution in [0.1, 0.15) is 155 Å². The molecule has 12 heteroatoms. The number of allylic oxidation sites excluding steroid dienone is 14. The molecule has 330 valence electrons. The van der Waals surface area contributed by atoms with Crippen LogP contribution in [0.5, 0.6) is 0 Å². The smallest absolute Gasteiger partial charge is 0.472 e. The highest BCUT2D eigenvalue weighted by molar-refractivity contribution is 7.47. The lowest BCUT2D eigenvalue weighted by Crippen LogP contribution is -2.34. The predicted octanol–water partition coefficient (Wildman–Crippen LogP) is 11.5. The summed E-state index contributed by atoms with van der Waals surface area (Å²) < 4.78 is 32.6. The van der Waals surface area contributed by atoms with E-state index in [2.05, 4.69) is 91.3 Å². The SMILES string of the molecule is CCCCCC=CCC=CCC=CCC=CCCCC(=O)OC[C@H](COP(=O)(O)OC[C@H](N)C(=O)O)OC(=O)CCCCCCC=CCC=CCC=CCCCCC. The minimum Gasteiger partial charge on any atom is -0.480 e. The van der Waals surface area contributed by atoms with Gasteiger partial charge in [-0.3, -0.25) is 23.4 Å². The summed E-state index contributed by atoms with van der Waals surface area (Å²) in [7, 11) is -4.74. The topological polar surface area (TPSA) is 172 Å². The van der Waals surface area contributed by atoms with Gasteiger partial charge in [0.25, 0.3) is 0 Å². The van der Waals surface area contributed by atoms with E-state index in [9.17, 15) is 23.8 Å². The molecule has 0 aliphatic carbocycles. The van der Waals surface area contributed by atoms with Crippen molar-refractivity contribution >= 4 is 25.7 Å². The Bertz CT molecular complexity index is 1300. The maximum absolute atomic E-state index is 12.6. The van der Waals surface area contributed by atoms with Gasteiger partial charge in [0.05, 0.1) is 13.2 Å². The minimum atomic E-state index is -4.74. The highest BCUT2D eigenvalue weighted by Gasteiger charge is 2.28. The van der Waals surface area contributed by atoms with Gasteiger partial charge in [-0.1, -0.05) is 137 Å². The summed E-state index contributed by atoms with van der Waals surface area (Å²) in [6.07, 6.45) is 49.4. The van der Waals surface area contributed by atoms with Gasteiger partial charge in [0.2, 0.25) is 0 Å². The van der Waals surface area contributed by atoms with Crippen LogP contribution >= 0.6 is 7.82 Å². The molecule has 0 aromatic carbocycles. The fourth-order valence-corrected chi connectivity index (χ4v) is 5.96. The van der Waals surface area contributed by atoms with E-state index in [1.807, 2.05) is 12.2 Å². The standard InChI is InChI=1S/C46H76NO10P/c1-3-5-7-9-11-13-15-17-19-21-23-25-27-29-31-33-35-37-44(48)54-39-42(40-55-58(52,53)56-41-43(47)46(50)51)57-45(49)38-36-34-32-30-28-26-24-22-20-18-16-14-12-10-8-6-4-2/h11-14,17-20,23-26,29,31,42-43H,3-10,15-16,21-22,27-28,30,32-41,47H2,1-2H3,(H,50,51)(H,52,53)/t42-,43+/m1/s1. The molecule has 0 bridgehead atoms. The van der Waals surface area contributed by atoms with Crippen LogP contribution in [0.15, 0.2) is 85.1 Å². The number of carboxylic acid groups (broad SMARTS) is 1. The molecular formula is C46H76NO10P. The summed E-state index contributed by atoms with van der Waals surface area (Å²) in [6.45, 7) is 2.65. The first kappa shape index (κ1) is 54.7. The van der Waals surface area contributed by atoms with E-state index in [1.54, 1.807) is 0 Å². The molecule has 0 fully saturated rings. The van der Waals surface area contributed by atoms with Crippen molar-refractivity contribution in [3.05, 3.63) is 85.1 Å². The largest absolute Gasteiger partial charge is 0.480 e. The van der Waals surface area contributed by atoms with E-state index in [-0.39, 0.29) is 19.4 Å². The van der Waals surface area contributed by atoms with Crippen LogP contribution in [0.3, 0.4) is 0 Å². The van der Waals surface area contributed by atoms with Crippen molar-refractivity contribution in [3.63, 3.8) is 0 Å². The number of carbonyl (C=O) groups excluding carboxylic acids is 2. The number of esters is 2. The van der Waals surface area contributed by atoms with Crippen molar-refractivity contribution in [1.29, 1.82) is 0 Å². The third-order valence-electron chi connectivity index (χ3n) is 8.62. The molecule has 0 amide bonds. The molecule has 0 rings (SSSR count). The average molecular weight is 834 g/mol. The van der Waals surface area contributed by atoms with Crippen LogP contribution < -0.4 is 5.73 Å². The van der Waals surface area contributed by atoms with Gasteiger partial charge >= 0.3 is 25.7 Å². The number of hydrogen-bond acceptors (Lipinski definition) is 9. The number of phosphoric acid groups is 1. The Hall–Kier alpha value is -3.34. The molecular weight excluding hydrogens is 757 g/mol. The van der Waals surface area contributed by atoms with Gasteiger partial charge in [-0.2, -0.15) is 0 Å². The molecule has 1 unspecified atom stereocenters. The number of ether oxygens (including phenoxy) is 2. The van der Waals surface area contributed by atoms with Gasteiger partial charge in [0, 0.05) is 12.8 Å². The monoisotopic (exact) mass is 834 g/mol. The summed E-state index contributed by atoms with van der Waals surface area (Å²) in [5.74, 6) is -2.49. The van der Waals surface area contributed by atoms with Gasteiger partial charge in [-0.25, -0.2) is 4.57 Å². The third-order valence-corrected chi connectivity index (χ3v) is 9.57.